The zero-order valence-corrected chi connectivity index (χ0v) is 21.3. The largest absolute Gasteiger partial charge is 0.475 e. The molecule has 4 bridgehead atoms. The summed E-state index contributed by atoms with van der Waals surface area (Å²) in [6.07, 6.45) is 8.16. The average molecular weight is 519 g/mol. The highest BCUT2D eigenvalue weighted by Gasteiger charge is 2.22. The molecule has 4 rings (SSSR count). The molecular formula is C28H30N4O4S. The minimum atomic E-state index is -4.07. The van der Waals surface area contributed by atoms with E-state index in [0.29, 0.717) is 12.1 Å². The molecule has 37 heavy (non-hydrogen) atoms. The van der Waals surface area contributed by atoms with Crippen LogP contribution in [0, 0.1) is 0 Å². The van der Waals surface area contributed by atoms with Crippen LogP contribution in [0.1, 0.15) is 48.0 Å². The second kappa shape index (κ2) is 11.8. The molecule has 1 aliphatic heterocycles. The van der Waals surface area contributed by atoms with Crippen molar-refractivity contribution in [1.82, 2.24) is 15.3 Å². The molecule has 192 valence electrons. The number of carbonyl (C=O) groups excluding carboxylic acids is 1. The number of unbranched alkanes of at least 4 members (excludes halogenated alkanes) is 3. The second-order valence-corrected chi connectivity index (χ2v) is 10.4. The molecule has 2 aromatic carbocycles. The predicted octanol–water partition coefficient (Wildman–Crippen LogP) is 5.21. The number of hydrogen-bond acceptors (Lipinski definition) is 6. The van der Waals surface area contributed by atoms with E-state index in [0.717, 1.165) is 36.8 Å². The Labute approximate surface area is 217 Å². The van der Waals surface area contributed by atoms with Gasteiger partial charge in [-0.3, -0.25) is 4.79 Å². The van der Waals surface area contributed by atoms with Gasteiger partial charge < -0.3 is 10.1 Å². The van der Waals surface area contributed by atoms with Crippen molar-refractivity contribution in [3.63, 3.8) is 0 Å². The van der Waals surface area contributed by atoms with Gasteiger partial charge in [-0.25, -0.2) is 18.1 Å². The molecule has 1 atom stereocenters. The van der Waals surface area contributed by atoms with E-state index < -0.39 is 10.0 Å². The molecule has 0 aliphatic carbocycles. The number of rotatable bonds is 8. The first kappa shape index (κ1) is 26.1. The summed E-state index contributed by atoms with van der Waals surface area (Å²) < 4.78 is 34.8. The van der Waals surface area contributed by atoms with Crippen molar-refractivity contribution in [2.45, 2.75) is 43.0 Å². The molecule has 1 aliphatic rings. The lowest BCUT2D eigenvalue weighted by Gasteiger charge is -2.19. The fourth-order valence-electron chi connectivity index (χ4n) is 4.08. The van der Waals surface area contributed by atoms with Crippen molar-refractivity contribution >= 4 is 28.0 Å². The van der Waals surface area contributed by atoms with Gasteiger partial charge in [-0.1, -0.05) is 61.9 Å². The Hall–Kier alpha value is -3.98. The summed E-state index contributed by atoms with van der Waals surface area (Å²) >= 11 is 0. The Morgan fingerprint density at radius 3 is 2.68 bits per heavy atom. The topological polar surface area (TPSA) is 110 Å². The van der Waals surface area contributed by atoms with Gasteiger partial charge in [0, 0.05) is 17.2 Å². The Morgan fingerprint density at radius 1 is 1.03 bits per heavy atom. The summed E-state index contributed by atoms with van der Waals surface area (Å²) in [5, 5.41) is 3.00. The number of amides is 1. The highest BCUT2D eigenvalue weighted by molar-refractivity contribution is 7.92. The normalized spacial score (nSPS) is 16.5. The molecule has 9 heteroatoms. The van der Waals surface area contributed by atoms with E-state index in [1.54, 1.807) is 18.2 Å². The summed E-state index contributed by atoms with van der Waals surface area (Å²) in [4.78, 5) is 21.7. The predicted molar refractivity (Wildman–Crippen MR) is 145 cm³/mol. The van der Waals surface area contributed by atoms with Crippen molar-refractivity contribution in [3.8, 4) is 17.1 Å². The van der Waals surface area contributed by atoms with E-state index in [1.165, 1.54) is 18.2 Å². The van der Waals surface area contributed by atoms with E-state index >= 15 is 0 Å². The average Bonchev–Trinajstić information content (AvgIpc) is 2.90. The van der Waals surface area contributed by atoms with Crippen LogP contribution in [-0.2, 0) is 10.0 Å². The lowest BCUT2D eigenvalue weighted by Crippen LogP contribution is -2.39. The zero-order valence-electron chi connectivity index (χ0n) is 20.5. The van der Waals surface area contributed by atoms with Crippen molar-refractivity contribution in [2.75, 3.05) is 11.3 Å². The van der Waals surface area contributed by atoms with E-state index in [1.807, 2.05) is 30.3 Å². The van der Waals surface area contributed by atoms with Crippen LogP contribution in [0.15, 0.2) is 78.7 Å². The molecule has 3 aromatic rings. The lowest BCUT2D eigenvalue weighted by atomic mass is 10.0. The number of nitrogens with one attached hydrogen (secondary N) is 2. The number of carbonyl (C=O) groups is 1. The molecule has 0 radical (unpaired) electrons. The standard InChI is InChI=1S/C28H30N4O4S/c1-3-5-6-7-8-14-22-19-36-26-18-25(24-16-10-9-12-20(24)4-2)30-28(31-26)32-37(34,35)23-15-11-13-21(17-23)27(33)29-22/h3-4,9-13,15-18,22H,1-2,5-8,14,19H2,(H,29,33)(H,30,31,32)/t22-/m1/s1. The molecular weight excluding hydrogens is 488 g/mol. The summed E-state index contributed by atoms with van der Waals surface area (Å²) in [5.74, 6) is -0.302. The molecule has 0 saturated carbocycles. The van der Waals surface area contributed by atoms with Gasteiger partial charge in [0.15, 0.2) is 0 Å². The van der Waals surface area contributed by atoms with Crippen molar-refractivity contribution in [1.29, 1.82) is 0 Å². The Kier molecular flexibility index (Phi) is 8.35. The minimum absolute atomic E-state index is 0.0664. The summed E-state index contributed by atoms with van der Waals surface area (Å²) in [5.41, 5.74) is 2.30. The minimum Gasteiger partial charge on any atom is -0.475 e. The SMILES string of the molecule is C=CCCCCC[C@@H]1COc2cc(-c3ccccc3C=C)nc(n2)NS(=O)(=O)c2cccc(c2)C(=O)N1. The highest BCUT2D eigenvalue weighted by Crippen LogP contribution is 2.28. The number of anilines is 1. The highest BCUT2D eigenvalue weighted by atomic mass is 32.2. The number of fused-ring (bicyclic) bond motifs is 4. The van der Waals surface area contributed by atoms with E-state index in [4.69, 9.17) is 4.74 Å². The van der Waals surface area contributed by atoms with Gasteiger partial charge in [0.05, 0.1) is 16.6 Å². The van der Waals surface area contributed by atoms with Crippen LogP contribution in [0.2, 0.25) is 0 Å². The third-order valence-electron chi connectivity index (χ3n) is 6.02. The Balaban J connectivity index is 1.73. The van der Waals surface area contributed by atoms with Crippen LogP contribution in [0.3, 0.4) is 0 Å². The molecule has 0 spiro atoms. The first-order valence-electron chi connectivity index (χ1n) is 12.2. The van der Waals surface area contributed by atoms with E-state index in [-0.39, 0.29) is 40.8 Å². The number of sulfonamides is 1. The van der Waals surface area contributed by atoms with E-state index in [2.05, 4.69) is 33.2 Å². The van der Waals surface area contributed by atoms with Crippen LogP contribution in [-0.4, -0.2) is 36.9 Å². The third kappa shape index (κ3) is 6.62. The summed E-state index contributed by atoms with van der Waals surface area (Å²) in [7, 11) is -4.07. The molecule has 2 heterocycles. The van der Waals surface area contributed by atoms with Gasteiger partial charge in [0.2, 0.25) is 11.8 Å². The maximum atomic E-state index is 13.2. The van der Waals surface area contributed by atoms with Gasteiger partial charge in [0.1, 0.15) is 6.61 Å². The number of ether oxygens (including phenoxy) is 1. The van der Waals surface area contributed by atoms with Crippen LogP contribution in [0.25, 0.3) is 17.3 Å². The van der Waals surface area contributed by atoms with Crippen molar-refractivity contribution < 1.29 is 17.9 Å². The third-order valence-corrected chi connectivity index (χ3v) is 7.35. The Morgan fingerprint density at radius 2 is 1.86 bits per heavy atom. The van der Waals surface area contributed by atoms with Crippen LogP contribution in [0.5, 0.6) is 5.88 Å². The zero-order chi connectivity index (χ0) is 26.3. The molecule has 2 N–H and O–H groups in total. The lowest BCUT2D eigenvalue weighted by molar-refractivity contribution is 0.0916. The van der Waals surface area contributed by atoms with Crippen molar-refractivity contribution in [2.24, 2.45) is 0 Å². The monoisotopic (exact) mass is 518 g/mol. The fraction of sp³-hybridized carbons (Fsp3) is 0.250. The number of nitrogens with zero attached hydrogens (tertiary/aromatic N) is 2. The maximum absolute atomic E-state index is 13.2. The van der Waals surface area contributed by atoms with Crippen molar-refractivity contribution in [3.05, 3.63) is 85.0 Å². The van der Waals surface area contributed by atoms with Crippen LogP contribution in [0.4, 0.5) is 5.95 Å². The number of hydrogen-bond donors (Lipinski definition) is 2. The summed E-state index contributed by atoms with van der Waals surface area (Å²) in [6, 6.07) is 14.7. The first-order chi connectivity index (χ1) is 17.9. The maximum Gasteiger partial charge on any atom is 0.264 e. The second-order valence-electron chi connectivity index (χ2n) is 8.75. The number of allylic oxidation sites excluding steroid dienone is 1. The molecule has 0 unspecified atom stereocenters. The molecule has 1 amide bonds. The summed E-state index contributed by atoms with van der Waals surface area (Å²) in [6.45, 7) is 7.78. The van der Waals surface area contributed by atoms with Crippen LogP contribution < -0.4 is 14.8 Å². The molecule has 1 aromatic heterocycles. The first-order valence-corrected chi connectivity index (χ1v) is 13.7. The van der Waals surface area contributed by atoms with Gasteiger partial charge in [0.25, 0.3) is 15.9 Å². The molecule has 0 fully saturated rings. The van der Waals surface area contributed by atoms with Gasteiger partial charge >= 0.3 is 0 Å². The quantitative estimate of drug-likeness (QED) is 0.313. The van der Waals surface area contributed by atoms with Crippen LogP contribution >= 0.6 is 0 Å². The van der Waals surface area contributed by atoms with Gasteiger partial charge in [-0.15, -0.1) is 6.58 Å². The number of benzene rings is 2. The van der Waals surface area contributed by atoms with E-state index in [9.17, 15) is 13.2 Å². The fourth-order valence-corrected chi connectivity index (χ4v) is 5.07. The smallest absolute Gasteiger partial charge is 0.264 e. The number of aromatic nitrogens is 2. The van der Waals surface area contributed by atoms with Gasteiger partial charge in [-0.05, 0) is 43.0 Å². The van der Waals surface area contributed by atoms with Gasteiger partial charge in [-0.2, -0.15) is 4.98 Å². The molecule has 0 saturated heterocycles. The Bertz CT molecular complexity index is 1400. The molecule has 8 nitrogen and oxygen atoms in total.